The quantitative estimate of drug-likeness (QED) is 0.238. The van der Waals surface area contributed by atoms with Crippen molar-refractivity contribution in [3.05, 3.63) is 108 Å². The summed E-state index contributed by atoms with van der Waals surface area (Å²) in [6, 6.07) is 26.3. The molecular weight excluding hydrogens is 536 g/mol. The van der Waals surface area contributed by atoms with Crippen molar-refractivity contribution < 1.29 is 33.3 Å². The number of benzene rings is 3. The summed E-state index contributed by atoms with van der Waals surface area (Å²) in [5, 5.41) is 2.96. The maximum Gasteiger partial charge on any atom is 0.508 e. The van der Waals surface area contributed by atoms with E-state index in [1.165, 1.54) is 0 Å². The van der Waals surface area contributed by atoms with E-state index in [0.717, 1.165) is 16.7 Å². The minimum absolute atomic E-state index is 0.0596. The fourth-order valence-corrected chi connectivity index (χ4v) is 5.05. The molecule has 3 aromatic carbocycles. The minimum atomic E-state index is -0.844. The first-order chi connectivity index (χ1) is 20.1. The first-order valence-corrected chi connectivity index (χ1v) is 14.0. The summed E-state index contributed by atoms with van der Waals surface area (Å²) in [5.41, 5.74) is 1.72. The maximum absolute atomic E-state index is 13.6. The molecule has 0 radical (unpaired) electrons. The summed E-state index contributed by atoms with van der Waals surface area (Å²) < 4.78 is 22.1. The molecular formula is C33H38N2O7. The van der Waals surface area contributed by atoms with Crippen LogP contribution in [0.1, 0.15) is 50.4 Å². The van der Waals surface area contributed by atoms with E-state index in [1.807, 2.05) is 97.9 Å². The highest BCUT2D eigenvalue weighted by Crippen LogP contribution is 2.41. The molecule has 1 fully saturated rings. The number of alkyl carbamates (subject to hydrolysis) is 1. The number of amides is 2. The molecule has 1 aliphatic rings. The predicted molar refractivity (Wildman–Crippen MR) is 156 cm³/mol. The van der Waals surface area contributed by atoms with Crippen molar-refractivity contribution in [3.63, 3.8) is 0 Å². The number of nitrogens with zero attached hydrogens (tertiary/aromatic N) is 1. The van der Waals surface area contributed by atoms with Gasteiger partial charge in [-0.2, -0.15) is 0 Å². The fraction of sp³-hybridized carbons (Fsp3) is 0.364. The van der Waals surface area contributed by atoms with Gasteiger partial charge in [0.05, 0.1) is 12.1 Å². The van der Waals surface area contributed by atoms with E-state index < -0.39 is 48.0 Å². The lowest BCUT2D eigenvalue weighted by molar-refractivity contribution is 0.0304. The minimum Gasteiger partial charge on any atom is -0.445 e. The molecule has 0 unspecified atom stereocenters. The summed E-state index contributed by atoms with van der Waals surface area (Å²) in [6.07, 6.45) is -2.04. The smallest absolute Gasteiger partial charge is 0.445 e. The normalized spacial score (nSPS) is 20.0. The van der Waals surface area contributed by atoms with E-state index >= 15 is 0 Å². The topological polar surface area (TPSA) is 103 Å². The molecule has 1 N–H and O–H groups in total. The maximum atomic E-state index is 13.6. The Balaban J connectivity index is 1.57. The Morgan fingerprint density at radius 3 is 1.83 bits per heavy atom. The van der Waals surface area contributed by atoms with Crippen molar-refractivity contribution in [2.24, 2.45) is 5.92 Å². The predicted octanol–water partition coefficient (Wildman–Crippen LogP) is 6.63. The number of ether oxygens (including phenoxy) is 4. The summed E-state index contributed by atoms with van der Waals surface area (Å²) in [6.45, 7) is 7.20. The van der Waals surface area contributed by atoms with Crippen LogP contribution in [0.2, 0.25) is 0 Å². The van der Waals surface area contributed by atoms with Crippen molar-refractivity contribution >= 4 is 18.3 Å². The molecule has 4 atom stereocenters. The Morgan fingerprint density at radius 2 is 1.29 bits per heavy atom. The third kappa shape index (κ3) is 8.25. The van der Waals surface area contributed by atoms with E-state index in [-0.39, 0.29) is 19.8 Å². The molecule has 1 aliphatic heterocycles. The molecule has 9 heteroatoms. The molecule has 9 nitrogen and oxygen atoms in total. The summed E-state index contributed by atoms with van der Waals surface area (Å²) in [7, 11) is 0. The molecule has 222 valence electrons. The third-order valence-corrected chi connectivity index (χ3v) is 6.99. The fourth-order valence-electron chi connectivity index (χ4n) is 5.05. The van der Waals surface area contributed by atoms with Gasteiger partial charge in [-0.15, -0.1) is 0 Å². The van der Waals surface area contributed by atoms with Gasteiger partial charge in [0.15, 0.2) is 0 Å². The molecule has 42 heavy (non-hydrogen) atoms. The van der Waals surface area contributed by atoms with Crippen LogP contribution >= 0.6 is 0 Å². The van der Waals surface area contributed by atoms with Gasteiger partial charge in [0.2, 0.25) is 0 Å². The second-order valence-electron chi connectivity index (χ2n) is 11.2. The standard InChI is InChI=1S/C33H38N2O7/c1-23-27(22-41-32(38)40-21-25-16-10-6-11-17-25)28(34-30(36)42-33(2,3)4)29(26-18-12-7-13-19-26)35(23)31(37)39-20-24-14-8-5-9-15-24/h5-19,23,27-29H,20-22H2,1-4H3,(H,34,36)/t23-,27+,28+,29-/m0/s1. The number of likely N-dealkylation sites (tertiary alicyclic amines) is 1. The molecule has 1 heterocycles. The SMILES string of the molecule is C[C@H]1[C@@H](COC(=O)OCc2ccccc2)[C@@H](NC(=O)OC(C)(C)C)[C@H](c2ccccc2)N1C(=O)OCc1ccccc1. The molecule has 0 bridgehead atoms. The monoisotopic (exact) mass is 574 g/mol. The lowest BCUT2D eigenvalue weighted by Gasteiger charge is -2.30. The molecule has 0 aromatic heterocycles. The Kier molecular flexibility index (Phi) is 10.1. The van der Waals surface area contributed by atoms with Gasteiger partial charge >= 0.3 is 18.3 Å². The number of rotatable bonds is 8. The molecule has 1 saturated heterocycles. The van der Waals surface area contributed by atoms with Crippen LogP contribution in [0.3, 0.4) is 0 Å². The number of hydrogen-bond acceptors (Lipinski definition) is 7. The van der Waals surface area contributed by atoms with Gasteiger partial charge in [0.25, 0.3) is 0 Å². The largest absolute Gasteiger partial charge is 0.508 e. The van der Waals surface area contributed by atoms with E-state index in [9.17, 15) is 14.4 Å². The van der Waals surface area contributed by atoms with Gasteiger partial charge in [-0.1, -0.05) is 91.0 Å². The number of carbonyl (C=O) groups excluding carboxylic acids is 3. The van der Waals surface area contributed by atoms with Crippen LogP contribution in [-0.2, 0) is 32.2 Å². The average Bonchev–Trinajstić information content (AvgIpc) is 3.24. The van der Waals surface area contributed by atoms with Gasteiger partial charge < -0.3 is 24.3 Å². The first-order valence-electron chi connectivity index (χ1n) is 14.0. The van der Waals surface area contributed by atoms with Crippen molar-refractivity contribution in [3.8, 4) is 0 Å². The van der Waals surface area contributed by atoms with Crippen molar-refractivity contribution in [2.45, 2.75) is 64.6 Å². The zero-order valence-electron chi connectivity index (χ0n) is 24.4. The highest BCUT2D eigenvalue weighted by atomic mass is 16.7. The van der Waals surface area contributed by atoms with E-state index in [4.69, 9.17) is 18.9 Å². The molecule has 2 amide bonds. The highest BCUT2D eigenvalue weighted by Gasteiger charge is 2.52. The number of hydrogen-bond donors (Lipinski definition) is 1. The number of carbonyl (C=O) groups is 3. The Labute approximate surface area is 246 Å². The summed E-state index contributed by atoms with van der Waals surface area (Å²) in [4.78, 5) is 40.8. The first kappa shape index (κ1) is 30.4. The van der Waals surface area contributed by atoms with Gasteiger partial charge in [0, 0.05) is 12.0 Å². The molecule has 0 aliphatic carbocycles. The Morgan fingerprint density at radius 1 is 0.762 bits per heavy atom. The van der Waals surface area contributed by atoms with Crippen molar-refractivity contribution in [1.29, 1.82) is 0 Å². The zero-order valence-corrected chi connectivity index (χ0v) is 24.4. The van der Waals surface area contributed by atoms with Crippen LogP contribution in [0, 0.1) is 5.92 Å². The summed E-state index contributed by atoms with van der Waals surface area (Å²) in [5.74, 6) is -0.503. The lowest BCUT2D eigenvalue weighted by atomic mass is 9.92. The van der Waals surface area contributed by atoms with Crippen LogP contribution in [0.4, 0.5) is 14.4 Å². The van der Waals surface area contributed by atoms with Crippen LogP contribution in [0.15, 0.2) is 91.0 Å². The van der Waals surface area contributed by atoms with Gasteiger partial charge in [-0.25, -0.2) is 14.4 Å². The Bertz CT molecular complexity index is 1310. The highest BCUT2D eigenvalue weighted by molar-refractivity contribution is 5.72. The third-order valence-electron chi connectivity index (χ3n) is 6.99. The molecule has 0 saturated carbocycles. The summed E-state index contributed by atoms with van der Waals surface area (Å²) >= 11 is 0. The van der Waals surface area contributed by atoms with Gasteiger partial charge in [-0.05, 0) is 44.4 Å². The van der Waals surface area contributed by atoms with Gasteiger partial charge in [-0.3, -0.25) is 4.90 Å². The second-order valence-corrected chi connectivity index (χ2v) is 11.2. The van der Waals surface area contributed by atoms with Crippen LogP contribution in [0.5, 0.6) is 0 Å². The Hall–Kier alpha value is -4.53. The average molecular weight is 575 g/mol. The van der Waals surface area contributed by atoms with Crippen LogP contribution in [-0.4, -0.2) is 47.5 Å². The molecule has 4 rings (SSSR count). The van der Waals surface area contributed by atoms with Crippen molar-refractivity contribution in [1.82, 2.24) is 10.2 Å². The molecule has 3 aromatic rings. The zero-order chi connectivity index (χ0) is 30.1. The van der Waals surface area contributed by atoms with Gasteiger partial charge in [0.1, 0.15) is 25.4 Å². The molecule has 0 spiro atoms. The van der Waals surface area contributed by atoms with E-state index in [1.54, 1.807) is 25.7 Å². The van der Waals surface area contributed by atoms with Crippen LogP contribution in [0.25, 0.3) is 0 Å². The van der Waals surface area contributed by atoms with Crippen molar-refractivity contribution in [2.75, 3.05) is 6.61 Å². The van der Waals surface area contributed by atoms with E-state index in [0.29, 0.717) is 0 Å². The van der Waals surface area contributed by atoms with Crippen LogP contribution < -0.4 is 5.32 Å². The lowest BCUT2D eigenvalue weighted by Crippen LogP contribution is -2.46. The number of nitrogens with one attached hydrogen (secondary N) is 1. The van der Waals surface area contributed by atoms with E-state index in [2.05, 4.69) is 5.32 Å². The second kappa shape index (κ2) is 13.9.